The molecule has 8 atom stereocenters. The van der Waals surface area contributed by atoms with Crippen molar-refractivity contribution in [1.29, 1.82) is 0 Å². The average Bonchev–Trinajstić information content (AvgIpc) is 3.10. The van der Waals surface area contributed by atoms with E-state index in [2.05, 4.69) is 0 Å². The molecule has 0 aromatic rings. The standard InChI is InChI=1S/C24H32O8/c1-11-7-17-22(29,19(11)28)9-15(10-25)8-16-18-21(5,6)24(18,32-14(4)27)20(31-13(3)26)12(2)23(16,17)30/h7-8,12,16-18,20,25,29-30H,9-10H2,1-6H3/t12-,16+,17?,18?,20-,22-,23-,24-/m1/s1. The lowest BCUT2D eigenvalue weighted by atomic mass is 9.59. The summed E-state index contributed by atoms with van der Waals surface area (Å²) in [4.78, 5) is 37.2. The summed E-state index contributed by atoms with van der Waals surface area (Å²) in [5, 5.41) is 33.9. The van der Waals surface area contributed by atoms with Gasteiger partial charge in [-0.2, -0.15) is 0 Å². The van der Waals surface area contributed by atoms with Crippen LogP contribution in [-0.4, -0.2) is 62.6 Å². The molecule has 2 unspecified atom stereocenters. The number of rotatable bonds is 3. The third-order valence-electron chi connectivity index (χ3n) is 8.56. The molecule has 4 aliphatic rings. The number of ketones is 1. The van der Waals surface area contributed by atoms with Gasteiger partial charge >= 0.3 is 11.9 Å². The Hall–Kier alpha value is -2.03. The van der Waals surface area contributed by atoms with Crippen LogP contribution in [0.5, 0.6) is 0 Å². The van der Waals surface area contributed by atoms with Crippen molar-refractivity contribution in [3.63, 3.8) is 0 Å². The van der Waals surface area contributed by atoms with Gasteiger partial charge in [0.2, 0.25) is 0 Å². The van der Waals surface area contributed by atoms with Gasteiger partial charge in [-0.25, -0.2) is 0 Å². The van der Waals surface area contributed by atoms with Crippen molar-refractivity contribution in [1.82, 2.24) is 0 Å². The van der Waals surface area contributed by atoms with Gasteiger partial charge < -0.3 is 24.8 Å². The molecular formula is C24H32O8. The van der Waals surface area contributed by atoms with Gasteiger partial charge in [-0.15, -0.1) is 0 Å². The van der Waals surface area contributed by atoms with Crippen LogP contribution in [0.2, 0.25) is 0 Å². The second-order valence-electron chi connectivity index (χ2n) is 10.6. The first-order chi connectivity index (χ1) is 14.7. The normalized spacial score (nSPS) is 46.0. The smallest absolute Gasteiger partial charge is 0.303 e. The molecule has 8 heteroatoms. The summed E-state index contributed by atoms with van der Waals surface area (Å²) in [5.74, 6) is -4.49. The Bertz CT molecular complexity index is 963. The highest BCUT2D eigenvalue weighted by Gasteiger charge is 2.87. The molecule has 0 heterocycles. The maximum absolute atomic E-state index is 13.0. The molecule has 32 heavy (non-hydrogen) atoms. The summed E-state index contributed by atoms with van der Waals surface area (Å²) in [6, 6.07) is 0. The van der Waals surface area contributed by atoms with Gasteiger partial charge in [-0.05, 0) is 18.1 Å². The Labute approximate surface area is 187 Å². The molecule has 0 aromatic carbocycles. The van der Waals surface area contributed by atoms with Crippen LogP contribution in [0.25, 0.3) is 0 Å². The first kappa shape index (κ1) is 23.1. The van der Waals surface area contributed by atoms with Gasteiger partial charge in [0, 0.05) is 49.4 Å². The van der Waals surface area contributed by atoms with Crippen LogP contribution in [-0.2, 0) is 23.9 Å². The first-order valence-corrected chi connectivity index (χ1v) is 11.0. The minimum absolute atomic E-state index is 0.113. The van der Waals surface area contributed by atoms with Crippen molar-refractivity contribution in [2.75, 3.05) is 6.61 Å². The quantitative estimate of drug-likeness (QED) is 0.432. The van der Waals surface area contributed by atoms with Crippen molar-refractivity contribution in [2.24, 2.45) is 29.1 Å². The Kier molecular flexibility index (Phi) is 4.88. The molecule has 8 nitrogen and oxygen atoms in total. The maximum atomic E-state index is 13.0. The predicted molar refractivity (Wildman–Crippen MR) is 112 cm³/mol. The van der Waals surface area contributed by atoms with Gasteiger partial charge in [0.1, 0.15) is 11.7 Å². The number of aliphatic hydroxyl groups excluding tert-OH is 1. The highest BCUT2D eigenvalue weighted by atomic mass is 16.6. The number of aliphatic hydroxyl groups is 3. The number of esters is 2. The molecule has 4 rings (SSSR count). The molecule has 176 valence electrons. The van der Waals surface area contributed by atoms with Gasteiger partial charge in [0.25, 0.3) is 0 Å². The van der Waals surface area contributed by atoms with Crippen molar-refractivity contribution < 1.29 is 39.2 Å². The van der Waals surface area contributed by atoms with Crippen molar-refractivity contribution in [3.05, 3.63) is 23.3 Å². The van der Waals surface area contributed by atoms with Crippen LogP contribution < -0.4 is 0 Å². The van der Waals surface area contributed by atoms with E-state index >= 15 is 0 Å². The number of Topliss-reactive ketones (excluding diaryl/α,β-unsaturated/α-hetero) is 1. The van der Waals surface area contributed by atoms with Gasteiger partial charge in [-0.3, -0.25) is 14.4 Å². The van der Waals surface area contributed by atoms with E-state index in [-0.39, 0.29) is 13.0 Å². The zero-order valence-corrected chi connectivity index (χ0v) is 19.3. The molecule has 0 aromatic heterocycles. The molecule has 0 spiro atoms. The van der Waals surface area contributed by atoms with Crippen LogP contribution in [0.15, 0.2) is 23.3 Å². The Morgan fingerprint density at radius 2 is 1.78 bits per heavy atom. The predicted octanol–water partition coefficient (Wildman–Crippen LogP) is 1.07. The second kappa shape index (κ2) is 6.74. The van der Waals surface area contributed by atoms with E-state index in [1.54, 1.807) is 26.0 Å². The number of ether oxygens (including phenoxy) is 2. The summed E-state index contributed by atoms with van der Waals surface area (Å²) < 4.78 is 11.6. The summed E-state index contributed by atoms with van der Waals surface area (Å²) >= 11 is 0. The van der Waals surface area contributed by atoms with Crippen LogP contribution >= 0.6 is 0 Å². The van der Waals surface area contributed by atoms with E-state index in [9.17, 15) is 29.7 Å². The second-order valence-corrected chi connectivity index (χ2v) is 10.6. The fourth-order valence-corrected chi connectivity index (χ4v) is 7.24. The van der Waals surface area contributed by atoms with Gasteiger partial charge in [-0.1, -0.05) is 32.9 Å². The number of hydrogen-bond acceptors (Lipinski definition) is 8. The lowest BCUT2D eigenvalue weighted by molar-refractivity contribution is -0.227. The summed E-state index contributed by atoms with van der Waals surface area (Å²) in [6.07, 6.45) is 2.23. The molecule has 0 bridgehead atoms. The summed E-state index contributed by atoms with van der Waals surface area (Å²) in [5.41, 5.74) is -4.69. The molecular weight excluding hydrogens is 416 g/mol. The average molecular weight is 449 g/mol. The van der Waals surface area contributed by atoms with Crippen LogP contribution in [0, 0.1) is 29.1 Å². The van der Waals surface area contributed by atoms with Crippen LogP contribution in [0.1, 0.15) is 48.0 Å². The molecule has 2 saturated carbocycles. The van der Waals surface area contributed by atoms with E-state index in [0.29, 0.717) is 11.1 Å². The monoisotopic (exact) mass is 448 g/mol. The zero-order chi connectivity index (χ0) is 24.0. The van der Waals surface area contributed by atoms with E-state index < -0.39 is 69.7 Å². The highest BCUT2D eigenvalue weighted by molar-refractivity contribution is 6.04. The van der Waals surface area contributed by atoms with E-state index in [4.69, 9.17) is 9.47 Å². The lowest BCUT2D eigenvalue weighted by Crippen LogP contribution is -2.66. The number of hydrogen-bond donors (Lipinski definition) is 3. The van der Waals surface area contributed by atoms with E-state index in [1.807, 2.05) is 13.8 Å². The topological polar surface area (TPSA) is 130 Å². The minimum Gasteiger partial charge on any atom is -0.458 e. The molecule has 0 radical (unpaired) electrons. The van der Waals surface area contributed by atoms with Crippen LogP contribution in [0.3, 0.4) is 0 Å². The summed E-state index contributed by atoms with van der Waals surface area (Å²) in [6.45, 7) is 9.23. The third kappa shape index (κ3) is 2.57. The third-order valence-corrected chi connectivity index (χ3v) is 8.56. The molecule has 0 aliphatic heterocycles. The number of carbonyl (C=O) groups is 3. The zero-order valence-electron chi connectivity index (χ0n) is 19.3. The molecule has 3 N–H and O–H groups in total. The highest BCUT2D eigenvalue weighted by Crippen LogP contribution is 2.77. The van der Waals surface area contributed by atoms with Crippen molar-refractivity contribution in [3.8, 4) is 0 Å². The summed E-state index contributed by atoms with van der Waals surface area (Å²) in [7, 11) is 0. The molecule has 2 fully saturated rings. The SMILES string of the molecule is CC(=O)O[C@@H]1[C@@H](C)[C@]2(O)C3C=C(C)C(=O)[C@@]3(O)CC(CO)=C[C@H]2C2C(C)(C)[C@@]21OC(C)=O. The Morgan fingerprint density at radius 1 is 1.16 bits per heavy atom. The van der Waals surface area contributed by atoms with Crippen molar-refractivity contribution in [2.45, 2.75) is 70.9 Å². The van der Waals surface area contributed by atoms with Crippen molar-refractivity contribution >= 4 is 17.7 Å². The fraction of sp³-hybridized carbons (Fsp3) is 0.708. The van der Waals surface area contributed by atoms with Gasteiger partial charge in [0.15, 0.2) is 11.4 Å². The minimum atomic E-state index is -1.92. The number of fused-ring (bicyclic) bond motifs is 5. The fourth-order valence-electron chi connectivity index (χ4n) is 7.24. The van der Waals surface area contributed by atoms with E-state index in [0.717, 1.165) is 0 Å². The Balaban J connectivity index is 1.97. The number of carbonyl (C=O) groups excluding carboxylic acids is 3. The molecule has 0 amide bonds. The van der Waals surface area contributed by atoms with Crippen LogP contribution in [0.4, 0.5) is 0 Å². The molecule has 0 saturated heterocycles. The maximum Gasteiger partial charge on any atom is 0.303 e. The Morgan fingerprint density at radius 3 is 2.31 bits per heavy atom. The largest absolute Gasteiger partial charge is 0.458 e. The van der Waals surface area contributed by atoms with E-state index in [1.165, 1.54) is 13.8 Å². The molecule has 4 aliphatic carbocycles. The lowest BCUT2D eigenvalue weighted by Gasteiger charge is -2.53. The van der Waals surface area contributed by atoms with Gasteiger partial charge in [0.05, 0.1) is 12.2 Å². The first-order valence-electron chi connectivity index (χ1n) is 11.0.